The predicted molar refractivity (Wildman–Crippen MR) is 129 cm³/mol. The van der Waals surface area contributed by atoms with Gasteiger partial charge in [0.1, 0.15) is 12.2 Å². The Morgan fingerprint density at radius 1 is 1.18 bits per heavy atom. The Morgan fingerprint density at radius 2 is 1.97 bits per heavy atom. The van der Waals surface area contributed by atoms with Gasteiger partial charge in [0.25, 0.3) is 0 Å². The minimum atomic E-state index is -0.869. The topological polar surface area (TPSA) is 71.7 Å². The van der Waals surface area contributed by atoms with Gasteiger partial charge < -0.3 is 9.57 Å². The maximum atomic E-state index is 11.5. The van der Waals surface area contributed by atoms with Crippen molar-refractivity contribution in [3.63, 3.8) is 0 Å². The first-order chi connectivity index (χ1) is 16.3. The molecular weight excluding hydrogens is 424 g/mol. The van der Waals surface area contributed by atoms with E-state index in [2.05, 4.69) is 43.3 Å². The van der Waals surface area contributed by atoms with Crippen LogP contribution in [0.25, 0.3) is 0 Å². The number of benzene rings is 1. The van der Waals surface area contributed by atoms with Gasteiger partial charge in [-0.05, 0) is 67.3 Å². The molecule has 5 heteroatoms. The van der Waals surface area contributed by atoms with Crippen LogP contribution in [-0.4, -0.2) is 23.4 Å². The fourth-order valence-corrected chi connectivity index (χ4v) is 8.74. The van der Waals surface area contributed by atoms with Crippen molar-refractivity contribution in [2.75, 3.05) is 0 Å². The number of fused-ring (bicyclic) bond motifs is 7. The third-order valence-electron chi connectivity index (χ3n) is 10.5. The number of nitriles is 1. The van der Waals surface area contributed by atoms with Gasteiger partial charge in [-0.3, -0.25) is 4.79 Å². The largest absolute Gasteiger partial charge is 0.462 e. The van der Waals surface area contributed by atoms with Gasteiger partial charge in [-0.1, -0.05) is 61.0 Å². The zero-order chi connectivity index (χ0) is 23.7. The van der Waals surface area contributed by atoms with E-state index in [1.54, 1.807) is 0 Å². The first kappa shape index (κ1) is 21.9. The maximum absolute atomic E-state index is 11.5. The van der Waals surface area contributed by atoms with E-state index in [1.807, 2.05) is 18.2 Å². The number of ether oxygens (including phenoxy) is 1. The van der Waals surface area contributed by atoms with E-state index in [1.165, 1.54) is 12.5 Å². The maximum Gasteiger partial charge on any atom is 0.302 e. The second kappa shape index (κ2) is 7.44. The molecule has 3 fully saturated rings. The molecule has 5 aliphatic rings. The molecule has 0 spiro atoms. The molecule has 1 aliphatic heterocycles. The SMILES string of the molecule is CC(=O)O[C@H]1CC[C@@]2(C)C(=CC[C@@H]3[C@@H]2CC[C@@]2(C)[C@H]3C[C@H]3C(c4ccccc4)=NO[C@]32C#N)C1. The second-order valence-corrected chi connectivity index (χ2v) is 11.8. The molecule has 0 N–H and O–H groups in total. The fraction of sp³-hybridized carbons (Fsp3) is 0.621. The van der Waals surface area contributed by atoms with Crippen molar-refractivity contribution in [3.8, 4) is 6.07 Å². The number of hydrogen-bond donors (Lipinski definition) is 0. The first-order valence-corrected chi connectivity index (χ1v) is 12.9. The van der Waals surface area contributed by atoms with Crippen LogP contribution < -0.4 is 0 Å². The standard InChI is InChI=1S/C29H34N2O3/c1-18(32)33-21-11-13-27(2)20(15-21)9-10-22-23(27)12-14-28(3)24(22)16-25-26(19-7-5-4-6-8-19)31-34-29(25,28)17-30/h4-9,21-25H,10-16H2,1-3H3/t21-,22+,23-,24-,25-,27-,28-,29+/m0/s1. The number of rotatable bonds is 2. The van der Waals surface area contributed by atoms with Crippen LogP contribution in [0.2, 0.25) is 0 Å². The molecule has 178 valence electrons. The highest BCUT2D eigenvalue weighted by molar-refractivity contribution is 6.04. The van der Waals surface area contributed by atoms with Crippen molar-refractivity contribution in [2.24, 2.45) is 39.7 Å². The highest BCUT2D eigenvalue weighted by Crippen LogP contribution is 2.70. The lowest BCUT2D eigenvalue weighted by atomic mass is 9.47. The summed E-state index contributed by atoms with van der Waals surface area (Å²) in [4.78, 5) is 17.7. The van der Waals surface area contributed by atoms with Crippen LogP contribution in [0.3, 0.4) is 0 Å². The molecule has 0 amide bonds. The number of carbonyl (C=O) groups excluding carboxylic acids is 1. The minimum Gasteiger partial charge on any atom is -0.462 e. The Bertz CT molecular complexity index is 1120. The summed E-state index contributed by atoms with van der Waals surface area (Å²) in [5, 5.41) is 15.1. The molecule has 1 heterocycles. The van der Waals surface area contributed by atoms with E-state index in [0.717, 1.165) is 56.2 Å². The molecule has 1 aromatic rings. The smallest absolute Gasteiger partial charge is 0.302 e. The van der Waals surface area contributed by atoms with Gasteiger partial charge >= 0.3 is 5.97 Å². The quantitative estimate of drug-likeness (QED) is 0.414. The number of esters is 1. The molecule has 5 nitrogen and oxygen atoms in total. The first-order valence-electron chi connectivity index (χ1n) is 12.9. The molecule has 0 unspecified atom stereocenters. The predicted octanol–water partition coefficient (Wildman–Crippen LogP) is 5.80. The van der Waals surface area contributed by atoms with Crippen LogP contribution in [0.15, 0.2) is 47.1 Å². The Morgan fingerprint density at radius 3 is 2.71 bits per heavy atom. The Kier molecular flexibility index (Phi) is 4.79. The van der Waals surface area contributed by atoms with E-state index in [-0.39, 0.29) is 28.8 Å². The summed E-state index contributed by atoms with van der Waals surface area (Å²) >= 11 is 0. The molecule has 0 radical (unpaired) electrons. The van der Waals surface area contributed by atoms with E-state index in [9.17, 15) is 10.1 Å². The summed E-state index contributed by atoms with van der Waals surface area (Å²) in [5.74, 6) is 1.44. The van der Waals surface area contributed by atoms with E-state index in [4.69, 9.17) is 9.57 Å². The molecule has 3 saturated carbocycles. The summed E-state index contributed by atoms with van der Waals surface area (Å²) in [6.07, 6.45) is 9.50. The Balaban J connectivity index is 1.33. The number of hydrogen-bond acceptors (Lipinski definition) is 5. The molecule has 6 rings (SSSR count). The third kappa shape index (κ3) is 2.78. The van der Waals surface area contributed by atoms with Crippen molar-refractivity contribution in [3.05, 3.63) is 47.5 Å². The van der Waals surface area contributed by atoms with Gasteiger partial charge in [0.2, 0.25) is 5.60 Å². The van der Waals surface area contributed by atoms with Crippen LogP contribution in [0.4, 0.5) is 0 Å². The van der Waals surface area contributed by atoms with Crippen LogP contribution in [0.1, 0.15) is 71.3 Å². The summed E-state index contributed by atoms with van der Waals surface area (Å²) in [6, 6.07) is 12.9. The van der Waals surface area contributed by atoms with E-state index in [0.29, 0.717) is 17.8 Å². The molecule has 4 aliphatic carbocycles. The average molecular weight is 459 g/mol. The molecule has 1 aromatic carbocycles. The summed E-state index contributed by atoms with van der Waals surface area (Å²) in [6.45, 7) is 6.27. The molecular formula is C29H34N2O3. The number of allylic oxidation sites excluding steroid dienone is 1. The van der Waals surface area contributed by atoms with Crippen LogP contribution in [0.5, 0.6) is 0 Å². The summed E-state index contributed by atoms with van der Waals surface area (Å²) in [5.41, 5.74) is 2.61. The number of carbonyl (C=O) groups is 1. The van der Waals surface area contributed by atoms with Gasteiger partial charge in [-0.2, -0.15) is 5.26 Å². The lowest BCUT2D eigenvalue weighted by molar-refractivity contribution is -0.149. The highest BCUT2D eigenvalue weighted by atomic mass is 16.7. The second-order valence-electron chi connectivity index (χ2n) is 11.8. The van der Waals surface area contributed by atoms with Gasteiger partial charge in [-0.15, -0.1) is 0 Å². The molecule has 8 atom stereocenters. The van der Waals surface area contributed by atoms with Crippen LogP contribution in [0, 0.1) is 45.8 Å². The van der Waals surface area contributed by atoms with Crippen molar-refractivity contribution < 1.29 is 14.4 Å². The van der Waals surface area contributed by atoms with Gasteiger partial charge in [-0.25, -0.2) is 0 Å². The number of nitrogens with zero attached hydrogens (tertiary/aromatic N) is 2. The van der Waals surface area contributed by atoms with E-state index < -0.39 is 5.60 Å². The fourth-order valence-electron chi connectivity index (χ4n) is 8.74. The Hall–Kier alpha value is -2.61. The molecule has 0 bridgehead atoms. The van der Waals surface area contributed by atoms with Crippen molar-refractivity contribution >= 4 is 11.7 Å². The molecule has 0 aromatic heterocycles. The monoisotopic (exact) mass is 458 g/mol. The summed E-state index contributed by atoms with van der Waals surface area (Å²) < 4.78 is 5.59. The number of oxime groups is 1. The van der Waals surface area contributed by atoms with Crippen molar-refractivity contribution in [1.82, 2.24) is 0 Å². The normalized spacial score (nSPS) is 44.2. The van der Waals surface area contributed by atoms with Crippen molar-refractivity contribution in [1.29, 1.82) is 5.26 Å². The van der Waals surface area contributed by atoms with Crippen LogP contribution in [-0.2, 0) is 14.4 Å². The summed E-state index contributed by atoms with van der Waals surface area (Å²) in [7, 11) is 0. The minimum absolute atomic E-state index is 0.0199. The zero-order valence-corrected chi connectivity index (χ0v) is 20.4. The molecule has 34 heavy (non-hydrogen) atoms. The highest BCUT2D eigenvalue weighted by Gasteiger charge is 2.73. The van der Waals surface area contributed by atoms with E-state index >= 15 is 0 Å². The van der Waals surface area contributed by atoms with Crippen molar-refractivity contribution in [2.45, 2.75) is 77.4 Å². The van der Waals surface area contributed by atoms with Gasteiger partial charge in [0.15, 0.2) is 0 Å². The lowest BCUT2D eigenvalue weighted by Crippen LogP contribution is -2.55. The Labute approximate surface area is 202 Å². The van der Waals surface area contributed by atoms with Gasteiger partial charge in [0, 0.05) is 18.8 Å². The third-order valence-corrected chi connectivity index (χ3v) is 10.5. The average Bonchev–Trinajstić information content (AvgIpc) is 3.32. The van der Waals surface area contributed by atoms with Crippen LogP contribution >= 0.6 is 0 Å². The lowest BCUT2D eigenvalue weighted by Gasteiger charge is -2.58. The zero-order valence-electron chi connectivity index (χ0n) is 20.4. The van der Waals surface area contributed by atoms with Gasteiger partial charge in [0.05, 0.1) is 11.6 Å². The molecule has 0 saturated heterocycles.